The Morgan fingerprint density at radius 1 is 0.158 bits per heavy atom. The molecule has 0 atom stereocenters. The fourth-order valence-electron chi connectivity index (χ4n) is 18.3. The van der Waals surface area contributed by atoms with Crippen molar-refractivity contribution in [2.45, 2.75) is 0 Å². The average molecular weight is 1480 g/mol. The van der Waals surface area contributed by atoms with Gasteiger partial charge in [-0.2, -0.15) is 0 Å². The number of hydrogen-bond acceptors (Lipinski definition) is 4. The van der Waals surface area contributed by atoms with E-state index in [4.69, 9.17) is 0 Å². The predicted octanol–water partition coefficient (Wildman–Crippen LogP) is 32.6. The molecule has 4 heteroatoms. The number of thiophene rings is 2. The van der Waals surface area contributed by atoms with Crippen molar-refractivity contribution in [2.24, 2.45) is 0 Å². The Labute approximate surface area is 667 Å². The molecule has 0 unspecified atom stereocenters. The Morgan fingerprint density at radius 3 is 1.02 bits per heavy atom. The molecule has 0 amide bonds. The van der Waals surface area contributed by atoms with E-state index < -0.39 is 0 Å². The summed E-state index contributed by atoms with van der Waals surface area (Å²) in [5, 5.41) is 25.0. The zero-order chi connectivity index (χ0) is 74.9. The first-order valence-electron chi connectivity index (χ1n) is 39.2. The van der Waals surface area contributed by atoms with Gasteiger partial charge in [-0.25, -0.2) is 0 Å². The first-order chi connectivity index (χ1) is 56.5. The van der Waals surface area contributed by atoms with Crippen LogP contribution in [0.25, 0.3) is 193 Å². The molecule has 0 radical (unpaired) electrons. The summed E-state index contributed by atoms with van der Waals surface area (Å²) in [5.41, 5.74) is 20.8. The van der Waals surface area contributed by atoms with Crippen LogP contribution in [0, 0.1) is 0 Å². The molecular weight excluding hydrogens is 1410 g/mol. The van der Waals surface area contributed by atoms with Crippen molar-refractivity contribution in [3.63, 3.8) is 0 Å². The summed E-state index contributed by atoms with van der Waals surface area (Å²) in [5.74, 6) is 0. The highest BCUT2D eigenvalue weighted by atomic mass is 32.1. The number of fused-ring (bicyclic) bond motifs is 20. The molecular formula is C110H68N2S2. The van der Waals surface area contributed by atoms with Gasteiger partial charge >= 0.3 is 0 Å². The van der Waals surface area contributed by atoms with Crippen molar-refractivity contribution in [3.05, 3.63) is 413 Å². The van der Waals surface area contributed by atoms with Crippen LogP contribution in [0.2, 0.25) is 0 Å². The van der Waals surface area contributed by atoms with Gasteiger partial charge in [-0.05, 0) is 239 Å². The van der Waals surface area contributed by atoms with E-state index in [0.29, 0.717) is 0 Å². The van der Waals surface area contributed by atoms with Gasteiger partial charge < -0.3 is 9.80 Å². The molecule has 23 aromatic rings. The molecule has 21 aromatic carbocycles. The van der Waals surface area contributed by atoms with Crippen molar-refractivity contribution in [2.75, 3.05) is 9.80 Å². The summed E-state index contributed by atoms with van der Waals surface area (Å²) in [6.45, 7) is 0. The Morgan fingerprint density at radius 2 is 0.491 bits per heavy atom. The Bertz CT molecular complexity index is 7760. The molecule has 114 heavy (non-hydrogen) atoms. The highest BCUT2D eigenvalue weighted by molar-refractivity contribution is 7.26. The molecule has 530 valence electrons. The van der Waals surface area contributed by atoms with Gasteiger partial charge in [-0.3, -0.25) is 0 Å². The fraction of sp³-hybridized carbons (Fsp3) is 0. The lowest BCUT2D eigenvalue weighted by Crippen LogP contribution is -2.11. The SMILES string of the molecule is c1ccc(-c2ccc(N(c3ccc(-c4ccc5c(sc6ccc(-c7ccc(-c8ccc(N(c9ccc%10c%11ccccc%11c%11ccccc%11c%10c9)c9ccc%10c(sc%11ccccc%11%10)c9-c9ccc%10ccccc%10c9)cc8)cc7)cc65)c4-c4ccc5ccccc5c4)cc3)c3ccc4c5ccccc5c5ccccc5c4c3)cc2)cc1. The van der Waals surface area contributed by atoms with Gasteiger partial charge in [0.1, 0.15) is 0 Å². The van der Waals surface area contributed by atoms with Crippen LogP contribution in [0.4, 0.5) is 34.1 Å². The summed E-state index contributed by atoms with van der Waals surface area (Å²) in [6, 6.07) is 154. The second-order valence-electron chi connectivity index (χ2n) is 30.1. The van der Waals surface area contributed by atoms with Crippen molar-refractivity contribution in [1.29, 1.82) is 0 Å². The molecule has 2 nitrogen and oxygen atoms in total. The third-order valence-corrected chi connectivity index (χ3v) is 26.2. The lowest BCUT2D eigenvalue weighted by Gasteiger charge is -2.29. The number of rotatable bonds is 12. The standard InChI is InChI=1S/C110H68N2S2/c1-2-18-69(19-3-1)73-42-49-82(50-43-73)111(85-55-57-96-92-28-10-8-24-88(92)90-26-12-14-30-94(90)101(96)67-85)83-53-46-76(47-54-83)87-59-60-100-103-66-79(48-63-106(103)114-109(100)107(87)80-40-38-70-20-4-6-22-77(70)64-80)75-36-34-72(35-37-75)74-44-51-84(52-45-74)112(86-56-58-97-93-29-11-9-25-89(93)91-27-13-15-31-95(91)102(97)68-86)104-62-61-99-98-32-16-17-33-105(98)113-110(99)108(104)81-41-39-71-21-5-7-23-78(71)65-81/h1-68H. The predicted molar refractivity (Wildman–Crippen MR) is 494 cm³/mol. The van der Waals surface area contributed by atoms with Crippen LogP contribution >= 0.6 is 22.7 Å². The van der Waals surface area contributed by atoms with Gasteiger partial charge in [0, 0.05) is 79.9 Å². The van der Waals surface area contributed by atoms with Gasteiger partial charge in [0.15, 0.2) is 0 Å². The monoisotopic (exact) mass is 1480 g/mol. The van der Waals surface area contributed by atoms with Gasteiger partial charge in [0.05, 0.1) is 5.69 Å². The maximum absolute atomic E-state index is 2.51. The highest BCUT2D eigenvalue weighted by Crippen LogP contribution is 2.53. The molecule has 0 spiro atoms. The van der Waals surface area contributed by atoms with Crippen LogP contribution in [0.1, 0.15) is 0 Å². The topological polar surface area (TPSA) is 6.48 Å². The Hall–Kier alpha value is -14.3. The Kier molecular flexibility index (Phi) is 15.4. The van der Waals surface area contributed by atoms with Crippen LogP contribution in [-0.2, 0) is 0 Å². The van der Waals surface area contributed by atoms with Crippen molar-refractivity contribution in [1.82, 2.24) is 0 Å². The maximum atomic E-state index is 2.51. The van der Waals surface area contributed by atoms with Crippen molar-refractivity contribution >= 4 is 183 Å². The zero-order valence-corrected chi connectivity index (χ0v) is 63.6. The van der Waals surface area contributed by atoms with Crippen LogP contribution in [0.3, 0.4) is 0 Å². The largest absolute Gasteiger partial charge is 0.310 e. The summed E-state index contributed by atoms with van der Waals surface area (Å²) < 4.78 is 5.10. The van der Waals surface area contributed by atoms with Gasteiger partial charge in [-0.1, -0.05) is 315 Å². The van der Waals surface area contributed by atoms with E-state index in [1.165, 1.54) is 177 Å². The highest BCUT2D eigenvalue weighted by Gasteiger charge is 2.26. The fourth-order valence-corrected chi connectivity index (χ4v) is 20.8. The third kappa shape index (κ3) is 10.9. The third-order valence-electron chi connectivity index (χ3n) is 23.8. The normalized spacial score (nSPS) is 11.9. The molecule has 0 saturated carbocycles. The molecule has 0 aliphatic heterocycles. The minimum absolute atomic E-state index is 1.08. The molecule has 2 aromatic heterocycles. The summed E-state index contributed by atoms with van der Waals surface area (Å²) >= 11 is 3.78. The van der Waals surface area contributed by atoms with Crippen LogP contribution in [0.5, 0.6) is 0 Å². The smallest absolute Gasteiger partial charge is 0.0554 e. The summed E-state index contributed by atoms with van der Waals surface area (Å²) in [6.07, 6.45) is 0. The molecule has 0 N–H and O–H groups in total. The molecule has 0 aliphatic carbocycles. The maximum Gasteiger partial charge on any atom is 0.0554 e. The molecule has 0 aliphatic rings. The van der Waals surface area contributed by atoms with Gasteiger partial charge in [-0.15, -0.1) is 22.7 Å². The summed E-state index contributed by atoms with van der Waals surface area (Å²) in [4.78, 5) is 4.93. The van der Waals surface area contributed by atoms with E-state index >= 15 is 0 Å². The second-order valence-corrected chi connectivity index (χ2v) is 32.2. The van der Waals surface area contributed by atoms with Crippen LogP contribution in [0.15, 0.2) is 413 Å². The minimum Gasteiger partial charge on any atom is -0.310 e. The zero-order valence-electron chi connectivity index (χ0n) is 62.0. The van der Waals surface area contributed by atoms with Crippen LogP contribution < -0.4 is 9.80 Å². The summed E-state index contributed by atoms with van der Waals surface area (Å²) in [7, 11) is 0. The number of hydrogen-bond donors (Lipinski definition) is 0. The van der Waals surface area contributed by atoms with E-state index in [2.05, 4.69) is 422 Å². The molecule has 0 bridgehead atoms. The van der Waals surface area contributed by atoms with E-state index in [0.717, 1.165) is 50.8 Å². The van der Waals surface area contributed by atoms with E-state index in [1.807, 2.05) is 22.7 Å². The van der Waals surface area contributed by atoms with Gasteiger partial charge in [0.25, 0.3) is 0 Å². The number of nitrogens with zero attached hydrogens (tertiary/aromatic N) is 2. The quantitative estimate of drug-likeness (QED) is 0.113. The first-order valence-corrected chi connectivity index (χ1v) is 40.8. The number of anilines is 6. The molecule has 2 heterocycles. The van der Waals surface area contributed by atoms with E-state index in [-0.39, 0.29) is 0 Å². The first kappa shape index (κ1) is 65.6. The van der Waals surface area contributed by atoms with Gasteiger partial charge in [0.2, 0.25) is 0 Å². The lowest BCUT2D eigenvalue weighted by molar-refractivity contribution is 1.29. The van der Waals surface area contributed by atoms with Crippen molar-refractivity contribution < 1.29 is 0 Å². The molecule has 0 saturated heterocycles. The second kappa shape index (κ2) is 26.8. The average Bonchev–Trinajstić information content (AvgIpc) is 0.876. The molecule has 23 rings (SSSR count). The Balaban J connectivity index is 0.613. The minimum atomic E-state index is 1.08. The van der Waals surface area contributed by atoms with E-state index in [1.54, 1.807) is 0 Å². The number of benzene rings is 21. The molecule has 0 fully saturated rings. The van der Waals surface area contributed by atoms with Crippen LogP contribution in [-0.4, -0.2) is 0 Å². The van der Waals surface area contributed by atoms with E-state index in [9.17, 15) is 0 Å². The van der Waals surface area contributed by atoms with Crippen molar-refractivity contribution in [3.8, 4) is 66.8 Å². The lowest BCUT2D eigenvalue weighted by atomic mass is 9.91.